The molecule has 2 heterocycles. The minimum atomic E-state index is 0.142. The molecule has 24 heavy (non-hydrogen) atoms. The number of ether oxygens (including phenoxy) is 1. The van der Waals surface area contributed by atoms with E-state index in [-0.39, 0.29) is 11.8 Å². The summed E-state index contributed by atoms with van der Waals surface area (Å²) in [6, 6.07) is 7.76. The number of thioether (sulfide) groups is 1. The molecule has 7 heteroatoms. The summed E-state index contributed by atoms with van der Waals surface area (Å²) in [5, 5.41) is 3.85. The largest absolute Gasteiger partial charge is 0.497 e. The average molecular weight is 347 g/mol. The Labute approximate surface area is 145 Å². The monoisotopic (exact) mass is 347 g/mol. The molecule has 1 aromatic heterocycles. The van der Waals surface area contributed by atoms with Gasteiger partial charge in [-0.15, -0.1) is 11.8 Å². The van der Waals surface area contributed by atoms with Gasteiger partial charge in [-0.1, -0.05) is 11.2 Å². The number of methoxy groups -OCH3 is 1. The summed E-state index contributed by atoms with van der Waals surface area (Å²) in [7, 11) is 1.64. The Hall–Kier alpha value is -2.02. The molecule has 0 N–H and O–H groups in total. The number of carbonyl (C=O) groups is 1. The molecule has 128 valence electrons. The van der Waals surface area contributed by atoms with Gasteiger partial charge < -0.3 is 14.2 Å². The van der Waals surface area contributed by atoms with E-state index < -0.39 is 0 Å². The summed E-state index contributed by atoms with van der Waals surface area (Å²) < 4.78 is 10.5. The zero-order valence-electron chi connectivity index (χ0n) is 13.9. The van der Waals surface area contributed by atoms with Gasteiger partial charge >= 0.3 is 0 Å². The maximum Gasteiger partial charge on any atom is 0.232 e. The predicted molar refractivity (Wildman–Crippen MR) is 91.3 cm³/mol. The highest BCUT2D eigenvalue weighted by Crippen LogP contribution is 2.27. The van der Waals surface area contributed by atoms with E-state index in [1.165, 1.54) is 11.8 Å². The second kappa shape index (κ2) is 7.70. The molecule has 0 aliphatic carbocycles. The number of aromatic nitrogens is 2. The van der Waals surface area contributed by atoms with E-state index in [1.807, 2.05) is 36.1 Å². The van der Waals surface area contributed by atoms with Gasteiger partial charge in [0, 0.05) is 18.0 Å². The molecule has 1 aliphatic rings. The van der Waals surface area contributed by atoms with Crippen LogP contribution in [-0.4, -0.2) is 46.9 Å². The van der Waals surface area contributed by atoms with Crippen LogP contribution < -0.4 is 4.74 Å². The molecular weight excluding hydrogens is 326 g/mol. The van der Waals surface area contributed by atoms with Gasteiger partial charge in [0.15, 0.2) is 5.82 Å². The highest BCUT2D eigenvalue weighted by atomic mass is 32.2. The van der Waals surface area contributed by atoms with Crippen molar-refractivity contribution in [1.82, 2.24) is 15.0 Å². The molecule has 1 saturated heterocycles. The van der Waals surface area contributed by atoms with Gasteiger partial charge in [0.05, 0.1) is 18.8 Å². The number of hydrogen-bond donors (Lipinski definition) is 0. The van der Waals surface area contributed by atoms with Gasteiger partial charge in [0.1, 0.15) is 5.75 Å². The Kier molecular flexibility index (Phi) is 5.40. The van der Waals surface area contributed by atoms with Crippen molar-refractivity contribution in [3.8, 4) is 5.75 Å². The normalized spacial score (nSPS) is 17.8. The number of aryl methyl sites for hydroxylation is 1. The Morgan fingerprint density at radius 2 is 2.38 bits per heavy atom. The van der Waals surface area contributed by atoms with Crippen LogP contribution in [0.4, 0.5) is 0 Å². The SMILES string of the molecule is COc1cccc(SCC(=O)N2CCC[C@@H](c3nc(C)no3)C2)c1. The van der Waals surface area contributed by atoms with E-state index in [1.54, 1.807) is 7.11 Å². The molecule has 0 spiro atoms. The first-order valence-corrected chi connectivity index (χ1v) is 8.99. The van der Waals surface area contributed by atoms with Crippen LogP contribution in [0.3, 0.4) is 0 Å². The molecule has 1 atom stereocenters. The first-order chi connectivity index (χ1) is 11.7. The third-order valence-electron chi connectivity index (χ3n) is 4.07. The molecule has 6 nitrogen and oxygen atoms in total. The highest BCUT2D eigenvalue weighted by molar-refractivity contribution is 8.00. The number of likely N-dealkylation sites (tertiary alicyclic amines) is 1. The first kappa shape index (κ1) is 16.8. The molecule has 0 radical (unpaired) electrons. The third kappa shape index (κ3) is 4.08. The molecular formula is C17H21N3O3S. The van der Waals surface area contributed by atoms with Crippen LogP contribution in [0.15, 0.2) is 33.7 Å². The lowest BCUT2D eigenvalue weighted by atomic mass is 9.98. The molecule has 1 aliphatic heterocycles. The van der Waals surface area contributed by atoms with Crippen LogP contribution in [0.25, 0.3) is 0 Å². The zero-order chi connectivity index (χ0) is 16.9. The van der Waals surface area contributed by atoms with Crippen molar-refractivity contribution in [1.29, 1.82) is 0 Å². The minimum Gasteiger partial charge on any atom is -0.497 e. The van der Waals surface area contributed by atoms with Crippen molar-refractivity contribution in [2.75, 3.05) is 26.0 Å². The zero-order valence-corrected chi connectivity index (χ0v) is 14.7. The van der Waals surface area contributed by atoms with Crippen LogP contribution in [0.1, 0.15) is 30.5 Å². The van der Waals surface area contributed by atoms with Gasteiger partial charge in [-0.3, -0.25) is 4.79 Å². The van der Waals surface area contributed by atoms with Crippen molar-refractivity contribution >= 4 is 17.7 Å². The summed E-state index contributed by atoms with van der Waals surface area (Å²) in [6.07, 6.45) is 1.94. The van der Waals surface area contributed by atoms with E-state index in [9.17, 15) is 4.79 Å². The van der Waals surface area contributed by atoms with Gasteiger partial charge in [0.2, 0.25) is 11.8 Å². The number of carbonyl (C=O) groups excluding carboxylic acids is 1. The molecule has 1 fully saturated rings. The van der Waals surface area contributed by atoms with Crippen molar-refractivity contribution in [2.45, 2.75) is 30.6 Å². The number of amides is 1. The van der Waals surface area contributed by atoms with Crippen LogP contribution in [0.2, 0.25) is 0 Å². The number of piperidine rings is 1. The Morgan fingerprint density at radius 3 is 3.12 bits per heavy atom. The molecule has 1 aromatic carbocycles. The van der Waals surface area contributed by atoms with Gasteiger partial charge in [-0.2, -0.15) is 4.98 Å². The first-order valence-electron chi connectivity index (χ1n) is 8.00. The number of rotatable bonds is 5. The van der Waals surface area contributed by atoms with E-state index in [0.29, 0.717) is 24.0 Å². The number of nitrogens with zero attached hydrogens (tertiary/aromatic N) is 3. The summed E-state index contributed by atoms with van der Waals surface area (Å²) in [5.41, 5.74) is 0. The predicted octanol–water partition coefficient (Wildman–Crippen LogP) is 2.88. The second-order valence-electron chi connectivity index (χ2n) is 5.83. The molecule has 1 amide bonds. The number of hydrogen-bond acceptors (Lipinski definition) is 6. The number of benzene rings is 1. The van der Waals surface area contributed by atoms with Crippen LogP contribution >= 0.6 is 11.8 Å². The topological polar surface area (TPSA) is 68.5 Å². The Morgan fingerprint density at radius 1 is 1.50 bits per heavy atom. The molecule has 0 bridgehead atoms. The lowest BCUT2D eigenvalue weighted by molar-refractivity contribution is -0.129. The lowest BCUT2D eigenvalue weighted by Crippen LogP contribution is -2.40. The van der Waals surface area contributed by atoms with Crippen molar-refractivity contribution in [3.05, 3.63) is 36.0 Å². The maximum absolute atomic E-state index is 12.5. The standard InChI is InChI=1S/C17H21N3O3S/c1-12-18-17(23-19-12)13-5-4-8-20(10-13)16(21)11-24-15-7-3-6-14(9-15)22-2/h3,6-7,9,13H,4-5,8,10-11H2,1-2H3/t13-/m1/s1. The van der Waals surface area contributed by atoms with E-state index >= 15 is 0 Å². The smallest absolute Gasteiger partial charge is 0.232 e. The summed E-state index contributed by atoms with van der Waals surface area (Å²) in [6.45, 7) is 3.25. The third-order valence-corrected chi connectivity index (χ3v) is 5.05. The average Bonchev–Trinajstić information content (AvgIpc) is 3.06. The van der Waals surface area contributed by atoms with Crippen LogP contribution in [0.5, 0.6) is 5.75 Å². The Bertz CT molecular complexity index is 704. The fraction of sp³-hybridized carbons (Fsp3) is 0.471. The van der Waals surface area contributed by atoms with Gasteiger partial charge in [0.25, 0.3) is 0 Å². The molecule has 0 unspecified atom stereocenters. The second-order valence-corrected chi connectivity index (χ2v) is 6.88. The van der Waals surface area contributed by atoms with E-state index in [4.69, 9.17) is 9.26 Å². The van der Waals surface area contributed by atoms with Crippen LogP contribution in [-0.2, 0) is 4.79 Å². The fourth-order valence-electron chi connectivity index (χ4n) is 2.81. The summed E-state index contributed by atoms with van der Waals surface area (Å²) in [5.74, 6) is 2.79. The maximum atomic E-state index is 12.5. The lowest BCUT2D eigenvalue weighted by Gasteiger charge is -2.31. The molecule has 3 rings (SSSR count). The summed E-state index contributed by atoms with van der Waals surface area (Å²) >= 11 is 1.53. The van der Waals surface area contributed by atoms with Crippen molar-refractivity contribution in [3.63, 3.8) is 0 Å². The van der Waals surface area contributed by atoms with Gasteiger partial charge in [-0.25, -0.2) is 0 Å². The minimum absolute atomic E-state index is 0.142. The van der Waals surface area contributed by atoms with Crippen molar-refractivity contribution < 1.29 is 14.1 Å². The Balaban J connectivity index is 1.56. The fourth-order valence-corrected chi connectivity index (χ4v) is 3.66. The van der Waals surface area contributed by atoms with Gasteiger partial charge in [-0.05, 0) is 38.0 Å². The highest BCUT2D eigenvalue weighted by Gasteiger charge is 2.28. The molecule has 2 aromatic rings. The molecule has 0 saturated carbocycles. The van der Waals surface area contributed by atoms with Crippen LogP contribution in [0, 0.1) is 6.92 Å². The quantitative estimate of drug-likeness (QED) is 0.775. The van der Waals surface area contributed by atoms with E-state index in [0.717, 1.165) is 30.0 Å². The summed E-state index contributed by atoms with van der Waals surface area (Å²) in [4.78, 5) is 19.8. The van der Waals surface area contributed by atoms with Crippen molar-refractivity contribution in [2.24, 2.45) is 0 Å². The van der Waals surface area contributed by atoms with E-state index in [2.05, 4.69) is 10.1 Å².